The Hall–Kier alpha value is -2.06. The fourth-order valence-corrected chi connectivity index (χ4v) is 4.43. The smallest absolute Gasteiger partial charge is 0.183 e. The van der Waals surface area contributed by atoms with Crippen LogP contribution in [-0.4, -0.2) is 39.8 Å². The molecular weight excluding hydrogens is 485 g/mol. The molecule has 2 atom stereocenters. The van der Waals surface area contributed by atoms with Gasteiger partial charge in [-0.2, -0.15) is 0 Å². The molecule has 3 aromatic rings. The Morgan fingerprint density at radius 3 is 2.64 bits per heavy atom. The minimum atomic E-state index is 0.129. The van der Waals surface area contributed by atoms with Gasteiger partial charge in [-0.25, -0.2) is 9.97 Å². The van der Waals surface area contributed by atoms with Gasteiger partial charge in [0.15, 0.2) is 11.5 Å². The number of hydrogen-bond donors (Lipinski definition) is 3. The summed E-state index contributed by atoms with van der Waals surface area (Å²) < 4.78 is 7.17. The van der Waals surface area contributed by atoms with Gasteiger partial charge >= 0.3 is 0 Å². The Morgan fingerprint density at radius 1 is 1.21 bits per heavy atom. The Kier molecular flexibility index (Phi) is 10.7. The maximum atomic E-state index is 7.94. The van der Waals surface area contributed by atoms with Gasteiger partial charge in [0.1, 0.15) is 10.7 Å². The van der Waals surface area contributed by atoms with Gasteiger partial charge in [-0.15, -0.1) is 0 Å². The van der Waals surface area contributed by atoms with Crippen LogP contribution in [0.25, 0.3) is 11.2 Å². The fourth-order valence-electron chi connectivity index (χ4n) is 3.86. The van der Waals surface area contributed by atoms with E-state index in [9.17, 15) is 0 Å². The number of hydrogen-bond acceptors (Lipinski definition) is 6. The van der Waals surface area contributed by atoms with E-state index in [0.29, 0.717) is 27.6 Å². The first-order chi connectivity index (χ1) is 16.0. The minimum Gasteiger partial charge on any atom is -0.484 e. The number of rotatable bonds is 5. The highest BCUT2D eigenvalue weighted by Crippen LogP contribution is 2.38. The zero-order chi connectivity index (χ0) is 24.5. The summed E-state index contributed by atoms with van der Waals surface area (Å²) in [6, 6.07) is 7.34. The third-order valence-electron chi connectivity index (χ3n) is 5.36. The fraction of sp³-hybridized carbons (Fsp3) is 0.435. The number of halogens is 3. The van der Waals surface area contributed by atoms with Crippen LogP contribution in [0.15, 0.2) is 30.6 Å². The summed E-state index contributed by atoms with van der Waals surface area (Å²) in [6.07, 6.45) is 4.48. The summed E-state index contributed by atoms with van der Waals surface area (Å²) in [5, 5.41) is 19.9. The first kappa shape index (κ1) is 27.2. The lowest BCUT2D eigenvalue weighted by Gasteiger charge is -2.14. The van der Waals surface area contributed by atoms with Crippen molar-refractivity contribution in [3.63, 3.8) is 0 Å². The van der Waals surface area contributed by atoms with E-state index >= 15 is 0 Å². The number of fused-ring (bicyclic) bond motifs is 1. The lowest BCUT2D eigenvalue weighted by Crippen LogP contribution is -2.13. The van der Waals surface area contributed by atoms with Crippen molar-refractivity contribution in [2.24, 2.45) is 5.92 Å². The first-order valence-electron chi connectivity index (χ1n) is 10.7. The van der Waals surface area contributed by atoms with Gasteiger partial charge in [0, 0.05) is 41.7 Å². The molecule has 3 N–H and O–H groups in total. The number of anilines is 1. The maximum Gasteiger partial charge on any atom is 0.183 e. The van der Waals surface area contributed by atoms with Gasteiger partial charge in [-0.05, 0) is 43.0 Å². The molecule has 1 unspecified atom stereocenters. The molecule has 1 fully saturated rings. The van der Waals surface area contributed by atoms with E-state index < -0.39 is 0 Å². The molecule has 0 bridgehead atoms. The highest BCUT2D eigenvalue weighted by molar-refractivity contribution is 6.33. The third kappa shape index (κ3) is 6.51. The average Bonchev–Trinajstić information content (AvgIpc) is 3.49. The highest BCUT2D eigenvalue weighted by Gasteiger charge is 2.31. The molecule has 10 heteroatoms. The number of pyridine rings is 1. The van der Waals surface area contributed by atoms with Gasteiger partial charge in [-0.3, -0.25) is 5.41 Å². The number of aromatic nitrogens is 3. The van der Waals surface area contributed by atoms with Crippen LogP contribution >= 0.6 is 34.8 Å². The summed E-state index contributed by atoms with van der Waals surface area (Å²) in [5.41, 5.74) is 3.15. The predicted octanol–water partition coefficient (Wildman–Crippen LogP) is 6.60. The number of nitrogens with one attached hydrogen (secondary N) is 2. The Balaban J connectivity index is 0.000000914. The van der Waals surface area contributed by atoms with E-state index in [-0.39, 0.29) is 12.0 Å². The SMILES string of the molecule is CC.CO.COC(=N)[C@@H]1CCC(n2cnc3c(NCc4cc(Cl)ccc4Cl)cc(Cl)nc32)C1. The van der Waals surface area contributed by atoms with Crippen LogP contribution in [-0.2, 0) is 11.3 Å². The topological polar surface area (TPSA) is 96.0 Å². The molecule has 2 aromatic heterocycles. The van der Waals surface area contributed by atoms with Crippen LogP contribution in [0.2, 0.25) is 15.2 Å². The van der Waals surface area contributed by atoms with Crippen molar-refractivity contribution in [1.82, 2.24) is 14.5 Å². The van der Waals surface area contributed by atoms with Crippen LogP contribution in [0.3, 0.4) is 0 Å². The van der Waals surface area contributed by atoms with Crippen molar-refractivity contribution >= 4 is 57.6 Å². The number of aliphatic hydroxyl groups excluding tert-OH is 1. The summed E-state index contributed by atoms with van der Waals surface area (Å²) >= 11 is 18.7. The molecule has 1 aliphatic rings. The summed E-state index contributed by atoms with van der Waals surface area (Å²) in [4.78, 5) is 9.09. The van der Waals surface area contributed by atoms with Gasteiger partial charge in [0.05, 0.1) is 19.1 Å². The van der Waals surface area contributed by atoms with Crippen molar-refractivity contribution in [2.75, 3.05) is 19.5 Å². The number of aliphatic hydroxyl groups is 1. The Labute approximate surface area is 209 Å². The molecule has 33 heavy (non-hydrogen) atoms. The molecule has 0 spiro atoms. The molecule has 0 aliphatic heterocycles. The van der Waals surface area contributed by atoms with Crippen LogP contribution in [0.1, 0.15) is 44.7 Å². The molecule has 4 rings (SSSR count). The van der Waals surface area contributed by atoms with Crippen molar-refractivity contribution < 1.29 is 9.84 Å². The predicted molar refractivity (Wildman–Crippen MR) is 137 cm³/mol. The lowest BCUT2D eigenvalue weighted by molar-refractivity contribution is 0.358. The Bertz CT molecular complexity index is 1070. The van der Waals surface area contributed by atoms with Crippen molar-refractivity contribution in [3.8, 4) is 0 Å². The minimum absolute atomic E-state index is 0.129. The van der Waals surface area contributed by atoms with Crippen LogP contribution in [0.4, 0.5) is 5.69 Å². The zero-order valence-corrected chi connectivity index (χ0v) is 21.5. The Morgan fingerprint density at radius 2 is 1.94 bits per heavy atom. The molecule has 0 saturated heterocycles. The first-order valence-corrected chi connectivity index (χ1v) is 11.9. The van der Waals surface area contributed by atoms with E-state index in [4.69, 9.17) is 50.1 Å². The van der Waals surface area contributed by atoms with Gasteiger partial charge in [0.25, 0.3) is 0 Å². The number of nitrogens with zero attached hydrogens (tertiary/aromatic N) is 3. The molecule has 2 heterocycles. The van der Waals surface area contributed by atoms with E-state index in [2.05, 4.69) is 19.9 Å². The van der Waals surface area contributed by atoms with E-state index in [1.807, 2.05) is 19.9 Å². The number of imidazole rings is 1. The second kappa shape index (κ2) is 13.0. The highest BCUT2D eigenvalue weighted by atomic mass is 35.5. The van der Waals surface area contributed by atoms with Crippen LogP contribution < -0.4 is 5.32 Å². The number of methoxy groups -OCH3 is 1. The van der Waals surface area contributed by atoms with Crippen molar-refractivity contribution in [1.29, 1.82) is 5.41 Å². The van der Waals surface area contributed by atoms with Crippen LogP contribution in [0.5, 0.6) is 0 Å². The molecule has 0 radical (unpaired) electrons. The van der Waals surface area contributed by atoms with Gasteiger partial charge in [-0.1, -0.05) is 48.7 Å². The maximum absolute atomic E-state index is 7.94. The zero-order valence-electron chi connectivity index (χ0n) is 19.2. The second-order valence-corrected chi connectivity index (χ2v) is 8.37. The largest absolute Gasteiger partial charge is 0.484 e. The normalized spacial score (nSPS) is 17.0. The summed E-state index contributed by atoms with van der Waals surface area (Å²) in [7, 11) is 2.55. The molecular formula is C23H30Cl3N5O2. The van der Waals surface area contributed by atoms with E-state index in [1.54, 1.807) is 31.6 Å². The molecule has 1 saturated carbocycles. The average molecular weight is 515 g/mol. The third-order valence-corrected chi connectivity index (χ3v) is 6.16. The second-order valence-electron chi connectivity index (χ2n) is 7.14. The molecule has 0 amide bonds. The van der Waals surface area contributed by atoms with E-state index in [1.165, 1.54) is 0 Å². The monoisotopic (exact) mass is 513 g/mol. The van der Waals surface area contributed by atoms with Gasteiger partial charge < -0.3 is 19.7 Å². The van der Waals surface area contributed by atoms with Crippen LogP contribution in [0, 0.1) is 11.3 Å². The number of benzene rings is 1. The van der Waals surface area contributed by atoms with Crippen molar-refractivity contribution in [3.05, 3.63) is 51.4 Å². The van der Waals surface area contributed by atoms with Crippen molar-refractivity contribution in [2.45, 2.75) is 45.7 Å². The lowest BCUT2D eigenvalue weighted by atomic mass is 10.1. The van der Waals surface area contributed by atoms with E-state index in [0.717, 1.165) is 48.8 Å². The standard InChI is InChI=1S/C20H20Cl3N5O.C2H6.CH4O/c1-29-19(24)11-2-4-14(7-11)28-10-26-18-16(8-17(23)27-20(18)28)25-9-12-6-13(21)3-5-15(12)22;2*1-2/h3,5-6,8,10-11,14,24H,2,4,7,9H2,1H3,(H,25,27);1-2H3;2H,1H3/t11-,14?;;/m1../s1. The molecule has 7 nitrogen and oxygen atoms in total. The molecule has 1 aromatic carbocycles. The molecule has 180 valence electrons. The summed E-state index contributed by atoms with van der Waals surface area (Å²) in [5.74, 6) is 0.466. The number of ether oxygens (including phenoxy) is 1. The summed E-state index contributed by atoms with van der Waals surface area (Å²) in [6.45, 7) is 4.48. The quantitative estimate of drug-likeness (QED) is 0.202. The molecule has 1 aliphatic carbocycles. The van der Waals surface area contributed by atoms with Gasteiger partial charge in [0.2, 0.25) is 0 Å².